The minimum absolute atomic E-state index is 0.0230. The van der Waals surface area contributed by atoms with Crippen molar-refractivity contribution in [2.75, 3.05) is 13.1 Å². The molecule has 1 fully saturated rings. The number of aromatic nitrogens is 6. The van der Waals surface area contributed by atoms with E-state index in [1.807, 2.05) is 0 Å². The maximum Gasteiger partial charge on any atom is 0.434 e. The molecular weight excluding hydrogens is 403 g/mol. The van der Waals surface area contributed by atoms with E-state index in [1.54, 1.807) is 23.2 Å². The van der Waals surface area contributed by atoms with E-state index in [2.05, 4.69) is 25.1 Å². The van der Waals surface area contributed by atoms with Crippen molar-refractivity contribution in [3.05, 3.63) is 54.4 Å². The fraction of sp³-hybridized carbons (Fsp3) is 0.333. The third-order valence-electron chi connectivity index (χ3n) is 4.50. The lowest BCUT2D eigenvalue weighted by atomic mass is 10.1. The largest absolute Gasteiger partial charge is 0.471 e. The van der Waals surface area contributed by atoms with Crippen LogP contribution in [0.4, 0.5) is 13.2 Å². The summed E-state index contributed by atoms with van der Waals surface area (Å²) in [5.41, 5.74) is -0.754. The van der Waals surface area contributed by atoms with Gasteiger partial charge in [-0.2, -0.15) is 23.4 Å². The summed E-state index contributed by atoms with van der Waals surface area (Å²) in [6, 6.07) is 3.29. The van der Waals surface area contributed by atoms with Gasteiger partial charge in [0.05, 0.1) is 36.9 Å². The molecule has 3 aromatic rings. The van der Waals surface area contributed by atoms with Gasteiger partial charge in [-0.1, -0.05) is 0 Å². The monoisotopic (exact) mass is 419 g/mol. The minimum atomic E-state index is -4.57. The van der Waals surface area contributed by atoms with Crippen LogP contribution in [0.1, 0.15) is 28.9 Å². The van der Waals surface area contributed by atoms with Crippen LogP contribution in [-0.2, 0) is 6.18 Å². The molecule has 1 atom stereocenters. The van der Waals surface area contributed by atoms with E-state index in [4.69, 9.17) is 4.74 Å². The Morgan fingerprint density at radius 2 is 1.90 bits per heavy atom. The summed E-state index contributed by atoms with van der Waals surface area (Å²) in [4.78, 5) is 27.2. The molecule has 1 saturated heterocycles. The number of carbonyl (C=O) groups excluding carboxylic acids is 1. The molecule has 1 aliphatic rings. The molecule has 0 radical (unpaired) electrons. The molecular formula is C18H16F3N7O2. The van der Waals surface area contributed by atoms with Crippen molar-refractivity contribution in [1.29, 1.82) is 0 Å². The fourth-order valence-electron chi connectivity index (χ4n) is 3.13. The number of nitrogens with zero attached hydrogens (tertiary/aromatic N) is 7. The highest BCUT2D eigenvalue weighted by molar-refractivity contribution is 5.97. The fourth-order valence-corrected chi connectivity index (χ4v) is 3.13. The van der Waals surface area contributed by atoms with E-state index in [1.165, 1.54) is 17.2 Å². The van der Waals surface area contributed by atoms with Gasteiger partial charge in [-0.05, 0) is 25.0 Å². The third kappa shape index (κ3) is 4.21. The standard InChI is InChI=1S/C18H16F3N7O2/c19-18(20,21)14-9-24-15(10-23-14)30-12-3-2-8-27(11-12)17(29)13-4-1-5-22-16(13)28-25-6-7-26-28/h1,4-7,9-10,12H,2-3,8,11H2. The van der Waals surface area contributed by atoms with Crippen LogP contribution in [0.2, 0.25) is 0 Å². The van der Waals surface area contributed by atoms with Gasteiger partial charge in [0, 0.05) is 12.7 Å². The first-order valence-corrected chi connectivity index (χ1v) is 9.08. The van der Waals surface area contributed by atoms with Crippen LogP contribution in [-0.4, -0.2) is 59.9 Å². The molecule has 0 saturated carbocycles. The second-order valence-corrected chi connectivity index (χ2v) is 6.56. The maximum atomic E-state index is 13.1. The van der Waals surface area contributed by atoms with Crippen LogP contribution < -0.4 is 4.74 Å². The average molecular weight is 419 g/mol. The molecule has 0 bridgehead atoms. The first kappa shape index (κ1) is 19.7. The van der Waals surface area contributed by atoms with Gasteiger partial charge in [-0.25, -0.2) is 15.0 Å². The Bertz CT molecular complexity index is 1010. The van der Waals surface area contributed by atoms with Crippen molar-refractivity contribution in [2.24, 2.45) is 0 Å². The molecule has 3 aromatic heterocycles. The Morgan fingerprint density at radius 1 is 1.10 bits per heavy atom. The van der Waals surface area contributed by atoms with Crippen molar-refractivity contribution in [1.82, 2.24) is 34.8 Å². The number of piperidine rings is 1. The molecule has 12 heteroatoms. The highest BCUT2D eigenvalue weighted by Gasteiger charge is 2.33. The van der Waals surface area contributed by atoms with Gasteiger partial charge in [0.15, 0.2) is 11.5 Å². The lowest BCUT2D eigenvalue weighted by Gasteiger charge is -2.32. The van der Waals surface area contributed by atoms with Crippen molar-refractivity contribution < 1.29 is 22.7 Å². The number of likely N-dealkylation sites (tertiary alicyclic amines) is 1. The number of pyridine rings is 1. The van der Waals surface area contributed by atoms with Crippen LogP contribution in [0, 0.1) is 0 Å². The molecule has 1 unspecified atom stereocenters. The topological polar surface area (TPSA) is 98.9 Å². The summed E-state index contributed by atoms with van der Waals surface area (Å²) in [6.45, 7) is 0.765. The number of carbonyl (C=O) groups is 1. The van der Waals surface area contributed by atoms with Crippen LogP contribution in [0.25, 0.3) is 5.82 Å². The van der Waals surface area contributed by atoms with Gasteiger partial charge in [0.25, 0.3) is 5.91 Å². The number of hydrogen-bond acceptors (Lipinski definition) is 7. The molecule has 4 rings (SSSR count). The normalized spacial score (nSPS) is 17.0. The molecule has 0 aliphatic carbocycles. The van der Waals surface area contributed by atoms with Gasteiger partial charge in [-0.15, -0.1) is 4.80 Å². The number of rotatable bonds is 4. The van der Waals surface area contributed by atoms with Crippen LogP contribution in [0.15, 0.2) is 43.1 Å². The Kier molecular flexibility index (Phi) is 5.29. The van der Waals surface area contributed by atoms with E-state index in [9.17, 15) is 18.0 Å². The first-order chi connectivity index (χ1) is 14.4. The predicted octanol–water partition coefficient (Wildman–Crippen LogP) is 2.15. The summed E-state index contributed by atoms with van der Waals surface area (Å²) in [6.07, 6.45) is 2.39. The minimum Gasteiger partial charge on any atom is -0.471 e. The van der Waals surface area contributed by atoms with Crippen molar-refractivity contribution in [2.45, 2.75) is 25.1 Å². The molecule has 1 aliphatic heterocycles. The van der Waals surface area contributed by atoms with E-state index < -0.39 is 18.0 Å². The highest BCUT2D eigenvalue weighted by Crippen LogP contribution is 2.27. The molecule has 0 N–H and O–H groups in total. The lowest BCUT2D eigenvalue weighted by Crippen LogP contribution is -2.44. The molecule has 1 amide bonds. The third-order valence-corrected chi connectivity index (χ3v) is 4.50. The van der Waals surface area contributed by atoms with Gasteiger partial charge in [-0.3, -0.25) is 4.79 Å². The summed E-state index contributed by atoms with van der Waals surface area (Å²) in [7, 11) is 0. The van der Waals surface area contributed by atoms with Gasteiger partial charge in [0.2, 0.25) is 5.88 Å². The van der Waals surface area contributed by atoms with E-state index in [0.29, 0.717) is 37.0 Å². The second kappa shape index (κ2) is 8.05. The van der Waals surface area contributed by atoms with Crippen LogP contribution >= 0.6 is 0 Å². The van der Waals surface area contributed by atoms with Crippen molar-refractivity contribution in [3.63, 3.8) is 0 Å². The van der Waals surface area contributed by atoms with E-state index in [-0.39, 0.29) is 18.3 Å². The average Bonchev–Trinajstić information content (AvgIpc) is 3.28. The van der Waals surface area contributed by atoms with Crippen molar-refractivity contribution in [3.8, 4) is 11.7 Å². The second-order valence-electron chi connectivity index (χ2n) is 6.56. The molecule has 156 valence electrons. The zero-order valence-electron chi connectivity index (χ0n) is 15.5. The number of halogens is 3. The lowest BCUT2D eigenvalue weighted by molar-refractivity contribution is -0.141. The van der Waals surface area contributed by atoms with Crippen LogP contribution in [0.5, 0.6) is 5.88 Å². The Hall–Kier alpha value is -3.57. The number of ether oxygens (including phenoxy) is 1. The Labute approximate surface area is 168 Å². The molecule has 9 nitrogen and oxygen atoms in total. The van der Waals surface area contributed by atoms with Gasteiger partial charge < -0.3 is 9.64 Å². The molecule has 30 heavy (non-hydrogen) atoms. The molecule has 0 spiro atoms. The van der Waals surface area contributed by atoms with E-state index in [0.717, 1.165) is 6.20 Å². The predicted molar refractivity (Wildman–Crippen MR) is 95.7 cm³/mol. The number of alkyl halides is 3. The zero-order valence-corrected chi connectivity index (χ0v) is 15.5. The quantitative estimate of drug-likeness (QED) is 0.639. The summed E-state index contributed by atoms with van der Waals surface area (Å²) < 4.78 is 43.5. The number of hydrogen-bond donors (Lipinski definition) is 0. The zero-order chi connectivity index (χ0) is 21.1. The maximum absolute atomic E-state index is 13.1. The summed E-state index contributed by atoms with van der Waals surface area (Å²) in [5.74, 6) is 0.0245. The number of amides is 1. The first-order valence-electron chi connectivity index (χ1n) is 9.08. The summed E-state index contributed by atoms with van der Waals surface area (Å²) >= 11 is 0. The Balaban J connectivity index is 1.46. The Morgan fingerprint density at radius 3 is 2.60 bits per heavy atom. The smallest absolute Gasteiger partial charge is 0.434 e. The van der Waals surface area contributed by atoms with E-state index >= 15 is 0 Å². The molecule has 0 aromatic carbocycles. The highest BCUT2D eigenvalue weighted by atomic mass is 19.4. The SMILES string of the molecule is O=C(c1cccnc1-n1nccn1)N1CCCC(Oc2cnc(C(F)(F)F)cn2)C1. The van der Waals surface area contributed by atoms with Crippen LogP contribution in [0.3, 0.4) is 0 Å². The van der Waals surface area contributed by atoms with Gasteiger partial charge in [0.1, 0.15) is 6.10 Å². The van der Waals surface area contributed by atoms with Crippen molar-refractivity contribution >= 4 is 5.91 Å². The summed E-state index contributed by atoms with van der Waals surface area (Å²) in [5, 5.41) is 8.04. The molecule has 4 heterocycles. The van der Waals surface area contributed by atoms with Gasteiger partial charge >= 0.3 is 6.18 Å².